The predicted octanol–water partition coefficient (Wildman–Crippen LogP) is 1.72. The van der Waals surface area contributed by atoms with Crippen LogP contribution in [0, 0.1) is 0 Å². The Morgan fingerprint density at radius 2 is 1.94 bits per heavy atom. The lowest BCUT2D eigenvalue weighted by Gasteiger charge is -2.16. The second-order valence-electron chi connectivity index (χ2n) is 3.63. The number of primary amides is 1. The van der Waals surface area contributed by atoms with Gasteiger partial charge in [-0.1, -0.05) is 24.3 Å². The lowest BCUT2D eigenvalue weighted by Crippen LogP contribution is -2.27. The van der Waals surface area contributed by atoms with Crippen molar-refractivity contribution in [2.45, 2.75) is 6.04 Å². The molecular formula is C13H13N3O. The van der Waals surface area contributed by atoms with E-state index >= 15 is 0 Å². The van der Waals surface area contributed by atoms with E-state index in [0.717, 1.165) is 11.3 Å². The third-order valence-corrected chi connectivity index (χ3v) is 2.39. The van der Waals surface area contributed by atoms with Crippen LogP contribution in [-0.2, 0) is 4.79 Å². The zero-order chi connectivity index (χ0) is 12.1. The molecule has 0 aliphatic carbocycles. The molecule has 1 heterocycles. The van der Waals surface area contributed by atoms with Gasteiger partial charge in [-0.05, 0) is 18.2 Å². The van der Waals surface area contributed by atoms with Crippen LogP contribution < -0.4 is 11.1 Å². The molecule has 2 aromatic rings. The molecule has 1 unspecified atom stereocenters. The van der Waals surface area contributed by atoms with Crippen LogP contribution in [0.15, 0.2) is 54.9 Å². The second-order valence-corrected chi connectivity index (χ2v) is 3.63. The zero-order valence-corrected chi connectivity index (χ0v) is 9.21. The van der Waals surface area contributed by atoms with Crippen molar-refractivity contribution in [3.63, 3.8) is 0 Å². The number of hydrogen-bond acceptors (Lipinski definition) is 3. The molecule has 0 spiro atoms. The van der Waals surface area contributed by atoms with Gasteiger partial charge < -0.3 is 11.1 Å². The predicted molar refractivity (Wildman–Crippen MR) is 66.2 cm³/mol. The number of hydrogen-bond donors (Lipinski definition) is 2. The van der Waals surface area contributed by atoms with Gasteiger partial charge in [0.1, 0.15) is 6.04 Å². The van der Waals surface area contributed by atoms with Crippen molar-refractivity contribution in [1.82, 2.24) is 4.98 Å². The minimum atomic E-state index is -0.564. The largest absolute Gasteiger partial charge is 0.370 e. The number of benzene rings is 1. The van der Waals surface area contributed by atoms with Crippen LogP contribution in [-0.4, -0.2) is 10.9 Å². The number of nitrogens with two attached hydrogens (primary N) is 1. The highest BCUT2D eigenvalue weighted by Crippen LogP contribution is 2.18. The van der Waals surface area contributed by atoms with Crippen molar-refractivity contribution in [2.75, 3.05) is 5.32 Å². The Hall–Kier alpha value is -2.36. The number of pyridine rings is 1. The molecule has 1 aromatic carbocycles. The number of rotatable bonds is 4. The van der Waals surface area contributed by atoms with E-state index in [4.69, 9.17) is 5.73 Å². The van der Waals surface area contributed by atoms with Crippen LogP contribution in [0.2, 0.25) is 0 Å². The Kier molecular flexibility index (Phi) is 3.35. The van der Waals surface area contributed by atoms with E-state index in [9.17, 15) is 4.79 Å². The van der Waals surface area contributed by atoms with Gasteiger partial charge in [0, 0.05) is 23.6 Å². The van der Waals surface area contributed by atoms with Crippen molar-refractivity contribution < 1.29 is 4.79 Å². The summed E-state index contributed by atoms with van der Waals surface area (Å²) in [6.07, 6.45) is 3.29. The highest BCUT2D eigenvalue weighted by molar-refractivity contribution is 5.84. The summed E-state index contributed by atoms with van der Waals surface area (Å²) in [7, 11) is 0. The Morgan fingerprint density at radius 3 is 2.53 bits per heavy atom. The van der Waals surface area contributed by atoms with Gasteiger partial charge in [0.05, 0.1) is 0 Å². The maximum absolute atomic E-state index is 11.4. The Balaban J connectivity index is 2.23. The van der Waals surface area contributed by atoms with Gasteiger partial charge in [0.25, 0.3) is 0 Å². The SMILES string of the molecule is NC(=O)C(Nc1ccccc1)c1cccnc1. The first-order valence-electron chi connectivity index (χ1n) is 5.28. The van der Waals surface area contributed by atoms with Crippen LogP contribution in [0.3, 0.4) is 0 Å². The molecule has 4 heteroatoms. The summed E-state index contributed by atoms with van der Waals surface area (Å²) < 4.78 is 0. The monoisotopic (exact) mass is 227 g/mol. The minimum Gasteiger partial charge on any atom is -0.370 e. The van der Waals surface area contributed by atoms with Gasteiger partial charge in [-0.15, -0.1) is 0 Å². The van der Waals surface area contributed by atoms with E-state index in [0.29, 0.717) is 0 Å². The van der Waals surface area contributed by atoms with Crippen LogP contribution in [0.1, 0.15) is 11.6 Å². The van der Waals surface area contributed by atoms with Gasteiger partial charge in [-0.3, -0.25) is 9.78 Å². The fourth-order valence-corrected chi connectivity index (χ4v) is 1.57. The summed E-state index contributed by atoms with van der Waals surface area (Å²) >= 11 is 0. The molecule has 0 saturated heterocycles. The molecule has 0 aliphatic rings. The van der Waals surface area contributed by atoms with Crippen LogP contribution in [0.4, 0.5) is 5.69 Å². The number of carbonyl (C=O) groups excluding carboxylic acids is 1. The topological polar surface area (TPSA) is 68.0 Å². The second kappa shape index (κ2) is 5.12. The van der Waals surface area contributed by atoms with E-state index in [2.05, 4.69) is 10.3 Å². The minimum absolute atomic E-state index is 0.429. The number of carbonyl (C=O) groups is 1. The summed E-state index contributed by atoms with van der Waals surface area (Å²) in [6, 6.07) is 12.5. The number of amides is 1. The van der Waals surface area contributed by atoms with Gasteiger partial charge in [0.2, 0.25) is 5.91 Å². The molecular weight excluding hydrogens is 214 g/mol. The fourth-order valence-electron chi connectivity index (χ4n) is 1.57. The molecule has 0 radical (unpaired) electrons. The molecule has 3 N–H and O–H groups in total. The number of para-hydroxylation sites is 1. The van der Waals surface area contributed by atoms with Crippen molar-refractivity contribution in [3.05, 3.63) is 60.4 Å². The number of anilines is 1. The lowest BCUT2D eigenvalue weighted by molar-refractivity contribution is -0.118. The van der Waals surface area contributed by atoms with Gasteiger partial charge >= 0.3 is 0 Å². The Bertz CT molecular complexity index is 485. The summed E-state index contributed by atoms with van der Waals surface area (Å²) in [5.41, 5.74) is 6.99. The van der Waals surface area contributed by atoms with Crippen molar-refractivity contribution >= 4 is 11.6 Å². The number of nitrogens with zero attached hydrogens (tertiary/aromatic N) is 1. The molecule has 0 saturated carbocycles. The Labute approximate surface area is 99.5 Å². The Morgan fingerprint density at radius 1 is 1.18 bits per heavy atom. The normalized spacial score (nSPS) is 11.8. The zero-order valence-electron chi connectivity index (χ0n) is 9.21. The number of nitrogens with one attached hydrogen (secondary N) is 1. The number of aromatic nitrogens is 1. The van der Waals surface area contributed by atoms with E-state index in [1.807, 2.05) is 36.4 Å². The maximum atomic E-state index is 11.4. The molecule has 1 amide bonds. The standard InChI is InChI=1S/C13H13N3O/c14-13(17)12(10-5-4-8-15-9-10)16-11-6-2-1-3-7-11/h1-9,12,16H,(H2,14,17). The third-order valence-electron chi connectivity index (χ3n) is 2.39. The fraction of sp³-hybridized carbons (Fsp3) is 0.0769. The first-order valence-corrected chi connectivity index (χ1v) is 5.28. The summed E-state index contributed by atoms with van der Waals surface area (Å²) in [6.45, 7) is 0. The summed E-state index contributed by atoms with van der Waals surface area (Å²) in [5, 5.41) is 3.08. The van der Waals surface area contributed by atoms with Gasteiger partial charge in [0.15, 0.2) is 0 Å². The molecule has 1 aromatic heterocycles. The van der Waals surface area contributed by atoms with E-state index in [-0.39, 0.29) is 0 Å². The van der Waals surface area contributed by atoms with E-state index in [1.54, 1.807) is 18.5 Å². The molecule has 4 nitrogen and oxygen atoms in total. The molecule has 86 valence electrons. The molecule has 0 fully saturated rings. The van der Waals surface area contributed by atoms with Crippen LogP contribution in [0.5, 0.6) is 0 Å². The molecule has 17 heavy (non-hydrogen) atoms. The van der Waals surface area contributed by atoms with E-state index in [1.165, 1.54) is 0 Å². The maximum Gasteiger partial charge on any atom is 0.244 e. The molecule has 1 atom stereocenters. The third kappa shape index (κ3) is 2.81. The highest BCUT2D eigenvalue weighted by Gasteiger charge is 2.17. The smallest absolute Gasteiger partial charge is 0.244 e. The molecule has 0 bridgehead atoms. The van der Waals surface area contributed by atoms with Gasteiger partial charge in [-0.25, -0.2) is 0 Å². The molecule has 2 rings (SSSR count). The van der Waals surface area contributed by atoms with Gasteiger partial charge in [-0.2, -0.15) is 0 Å². The lowest BCUT2D eigenvalue weighted by atomic mass is 10.1. The summed E-state index contributed by atoms with van der Waals surface area (Å²) in [4.78, 5) is 15.4. The average Bonchev–Trinajstić information content (AvgIpc) is 2.38. The average molecular weight is 227 g/mol. The highest BCUT2D eigenvalue weighted by atomic mass is 16.1. The first kappa shape index (κ1) is 11.1. The summed E-state index contributed by atoms with van der Waals surface area (Å²) in [5.74, 6) is -0.429. The molecule has 0 aliphatic heterocycles. The quantitative estimate of drug-likeness (QED) is 0.835. The first-order chi connectivity index (χ1) is 8.27. The van der Waals surface area contributed by atoms with Crippen molar-refractivity contribution in [2.24, 2.45) is 5.73 Å². The van der Waals surface area contributed by atoms with Crippen LogP contribution in [0.25, 0.3) is 0 Å². The van der Waals surface area contributed by atoms with Crippen molar-refractivity contribution in [3.8, 4) is 0 Å². The van der Waals surface area contributed by atoms with E-state index < -0.39 is 11.9 Å². The van der Waals surface area contributed by atoms with Crippen LogP contribution >= 0.6 is 0 Å². The van der Waals surface area contributed by atoms with Crippen molar-refractivity contribution in [1.29, 1.82) is 0 Å².